The summed E-state index contributed by atoms with van der Waals surface area (Å²) in [5.41, 5.74) is 2.53. The molecule has 6 saturated carbocycles. The van der Waals surface area contributed by atoms with E-state index in [2.05, 4.69) is 41.5 Å². The second kappa shape index (κ2) is 7.96. The van der Waals surface area contributed by atoms with Crippen LogP contribution >= 0.6 is 18.6 Å². The Morgan fingerprint density at radius 2 is 1.45 bits per heavy atom. The predicted octanol–water partition coefficient (Wildman–Crippen LogP) is 9.01. The number of hydrogen-bond acceptors (Lipinski definition) is 0. The second-order valence-corrected chi connectivity index (χ2v) is 15.1. The number of rotatable bonds is 0. The van der Waals surface area contributed by atoms with Gasteiger partial charge < -0.3 is 0 Å². The zero-order chi connectivity index (χ0) is 21.2. The van der Waals surface area contributed by atoms with Crippen molar-refractivity contribution in [3.05, 3.63) is 11.8 Å². The third kappa shape index (κ3) is 3.15. The summed E-state index contributed by atoms with van der Waals surface area (Å²) in [5.74, 6) is 8.02. The first-order chi connectivity index (χ1) is 13.6. The summed E-state index contributed by atoms with van der Waals surface area (Å²) in [5, 5.41) is 0. The van der Waals surface area contributed by atoms with Crippen molar-refractivity contribution in [3.63, 3.8) is 0 Å². The van der Waals surface area contributed by atoms with Crippen molar-refractivity contribution in [2.45, 2.75) is 106 Å². The molecule has 0 aromatic rings. The van der Waals surface area contributed by atoms with Gasteiger partial charge in [0, 0.05) is 0 Å². The molecule has 0 spiro atoms. The van der Waals surface area contributed by atoms with Gasteiger partial charge in [-0.3, -0.25) is 0 Å². The van der Waals surface area contributed by atoms with Crippen LogP contribution in [0.15, 0.2) is 0 Å². The molecular weight excluding hydrogens is 431 g/mol. The van der Waals surface area contributed by atoms with Crippen LogP contribution in [0.5, 0.6) is 0 Å². The van der Waals surface area contributed by atoms with Crippen LogP contribution in [0.4, 0.5) is 0 Å². The van der Waals surface area contributed by atoms with E-state index in [1.54, 1.807) is 12.8 Å². The van der Waals surface area contributed by atoms with Crippen molar-refractivity contribution in [1.82, 2.24) is 0 Å². The van der Waals surface area contributed by atoms with Gasteiger partial charge in [0.2, 0.25) is 0 Å². The first kappa shape index (κ1) is 23.5. The third-order valence-electron chi connectivity index (χ3n) is 11.9. The Morgan fingerprint density at radius 3 is 2.07 bits per heavy atom. The molecule has 0 nitrogen and oxygen atoms in total. The molecule has 0 heterocycles. The molecule has 6 aliphatic carbocycles. The van der Waals surface area contributed by atoms with Gasteiger partial charge >= 0.3 is 35.6 Å². The second-order valence-electron chi connectivity index (χ2n) is 12.6. The van der Waals surface area contributed by atoms with Gasteiger partial charge in [0.25, 0.3) is 0 Å². The van der Waals surface area contributed by atoms with Crippen molar-refractivity contribution in [1.29, 1.82) is 0 Å². The van der Waals surface area contributed by atoms with Gasteiger partial charge in [-0.05, 0) is 109 Å². The van der Waals surface area contributed by atoms with Crippen molar-refractivity contribution >= 4 is 18.6 Å². The maximum atomic E-state index is 4.89. The Bertz CT molecular complexity index is 560. The molecule has 0 amide bonds. The molecule has 0 aromatic heterocycles. The summed E-state index contributed by atoms with van der Waals surface area (Å²) in [6.07, 6.45) is 14.9. The third-order valence-corrected chi connectivity index (χ3v) is 11.9. The molecule has 0 N–H and O–H groups in total. The molecule has 2 radical (unpaired) electrons. The van der Waals surface area contributed by atoms with Crippen LogP contribution in [0.25, 0.3) is 0 Å². The Kier molecular flexibility index (Phi) is 6.43. The van der Waals surface area contributed by atoms with Crippen LogP contribution < -0.4 is 0 Å². The van der Waals surface area contributed by atoms with Crippen LogP contribution in [-0.4, -0.2) is 0 Å². The molecule has 29 heavy (non-hydrogen) atoms. The van der Waals surface area contributed by atoms with Crippen LogP contribution in [0.2, 0.25) is 0 Å². The monoisotopic (exact) mass is 472 g/mol. The zero-order valence-corrected chi connectivity index (χ0v) is 22.7. The SMILES string of the molecule is CC1(C)C2CCC1(C)C1CCCC21.CC12CCC([C]3CCC[C]31)C2(C)C.[Cl][Ti][Cl]. The molecule has 0 aromatic carbocycles. The van der Waals surface area contributed by atoms with Gasteiger partial charge in [0.1, 0.15) is 0 Å². The molecule has 0 saturated heterocycles. The maximum absolute atomic E-state index is 4.89. The average molecular weight is 473 g/mol. The van der Waals surface area contributed by atoms with E-state index in [0.29, 0.717) is 21.7 Å². The summed E-state index contributed by atoms with van der Waals surface area (Å²) in [4.78, 5) is 0. The fraction of sp³-hybridized carbons (Fsp3) is 0.923. The summed E-state index contributed by atoms with van der Waals surface area (Å²) < 4.78 is 0. The molecule has 0 aliphatic heterocycles. The molecular formula is C26H42Cl2Ti. The van der Waals surface area contributed by atoms with Crippen molar-refractivity contribution in [2.75, 3.05) is 0 Å². The minimum absolute atomic E-state index is 0.556. The van der Waals surface area contributed by atoms with E-state index in [9.17, 15) is 0 Å². The van der Waals surface area contributed by atoms with Crippen LogP contribution in [-0.2, 0) is 17.0 Å². The Hall–Kier alpha value is 1.29. The van der Waals surface area contributed by atoms with E-state index in [1.807, 2.05) is 11.8 Å². The van der Waals surface area contributed by atoms with Gasteiger partial charge in [-0.25, -0.2) is 0 Å². The summed E-state index contributed by atoms with van der Waals surface area (Å²) in [7, 11) is 9.78. The number of hydrogen-bond donors (Lipinski definition) is 0. The van der Waals surface area contributed by atoms with E-state index in [1.165, 1.54) is 51.4 Å². The normalized spacial score (nSPS) is 47.9. The molecule has 6 atom stereocenters. The fourth-order valence-corrected chi connectivity index (χ4v) is 9.67. The van der Waals surface area contributed by atoms with E-state index in [-0.39, 0.29) is 0 Å². The quantitative estimate of drug-likeness (QED) is 0.308. The van der Waals surface area contributed by atoms with Gasteiger partial charge in [0.05, 0.1) is 0 Å². The van der Waals surface area contributed by atoms with Crippen LogP contribution in [0, 0.1) is 57.2 Å². The Labute approximate surface area is 197 Å². The molecule has 6 unspecified atom stereocenters. The Morgan fingerprint density at radius 1 is 0.759 bits per heavy atom. The number of fused-ring (bicyclic) bond motifs is 10. The molecule has 6 rings (SSSR count). The summed E-state index contributed by atoms with van der Waals surface area (Å²) >= 11 is -0.556. The first-order valence-corrected chi connectivity index (χ1v) is 16.5. The van der Waals surface area contributed by atoms with E-state index in [0.717, 1.165) is 23.7 Å². The van der Waals surface area contributed by atoms with E-state index in [4.69, 9.17) is 18.6 Å². The molecule has 6 aliphatic rings. The first-order valence-electron chi connectivity index (χ1n) is 12.2. The van der Waals surface area contributed by atoms with Gasteiger partial charge in [0.15, 0.2) is 0 Å². The fourth-order valence-electron chi connectivity index (χ4n) is 9.67. The summed E-state index contributed by atoms with van der Waals surface area (Å²) in [6.45, 7) is 15.2. The zero-order valence-electron chi connectivity index (χ0n) is 19.6. The average Bonchev–Trinajstić information content (AvgIpc) is 3.43. The summed E-state index contributed by atoms with van der Waals surface area (Å²) in [6, 6.07) is 0. The topological polar surface area (TPSA) is 0 Å². The van der Waals surface area contributed by atoms with Crippen molar-refractivity contribution < 1.29 is 17.0 Å². The molecule has 3 heteroatoms. The molecule has 164 valence electrons. The van der Waals surface area contributed by atoms with Gasteiger partial charge in [-0.15, -0.1) is 0 Å². The van der Waals surface area contributed by atoms with Gasteiger partial charge in [-0.2, -0.15) is 0 Å². The van der Waals surface area contributed by atoms with Crippen molar-refractivity contribution in [3.8, 4) is 0 Å². The Balaban J connectivity index is 0.000000125. The van der Waals surface area contributed by atoms with Gasteiger partial charge in [-0.1, -0.05) is 54.4 Å². The van der Waals surface area contributed by atoms with Crippen molar-refractivity contribution in [2.24, 2.45) is 45.3 Å². The van der Waals surface area contributed by atoms with Crippen LogP contribution in [0.1, 0.15) is 106 Å². The standard InChI is InChI=1S/C13H22.C13H20.2ClH.Ti/c2*1-12(2)10-7-8-13(12,3)11-6-4-5-9(10)11;;;/h9-11H,4-8H2,1-3H3;10H,4-8H2,1-3H3;2*1H;/q;;;;+2/p-2. The minimum atomic E-state index is -0.556. The van der Waals surface area contributed by atoms with E-state index < -0.39 is 17.0 Å². The van der Waals surface area contributed by atoms with Crippen LogP contribution in [0.3, 0.4) is 0 Å². The molecule has 4 bridgehead atoms. The molecule has 6 fully saturated rings. The van der Waals surface area contributed by atoms with E-state index >= 15 is 0 Å². The number of halogens is 2. The predicted molar refractivity (Wildman–Crippen MR) is 122 cm³/mol.